The van der Waals surface area contributed by atoms with E-state index in [1.165, 1.54) is 21.8 Å². The third-order valence-electron chi connectivity index (χ3n) is 6.48. The first kappa shape index (κ1) is 26.1. The van der Waals surface area contributed by atoms with Gasteiger partial charge in [0.2, 0.25) is 5.82 Å². The van der Waals surface area contributed by atoms with E-state index in [1.54, 1.807) is 31.2 Å². The highest BCUT2D eigenvalue weighted by Crippen LogP contribution is 2.31. The van der Waals surface area contributed by atoms with Gasteiger partial charge in [0.25, 0.3) is 11.8 Å². The van der Waals surface area contributed by atoms with Gasteiger partial charge in [-0.05, 0) is 56.2 Å². The summed E-state index contributed by atoms with van der Waals surface area (Å²) >= 11 is 0. The first-order valence-corrected chi connectivity index (χ1v) is 12.8. The number of nitrogens with zero attached hydrogens (tertiary/aromatic N) is 5. The van der Waals surface area contributed by atoms with Crippen molar-refractivity contribution in [1.29, 1.82) is 0 Å². The molecule has 2 amide bonds. The molecule has 0 unspecified atom stereocenters. The summed E-state index contributed by atoms with van der Waals surface area (Å²) < 4.78 is 11.5. The number of carbonyl (C=O) groups excluding carboxylic acids is 2. The van der Waals surface area contributed by atoms with Crippen LogP contribution in [0.15, 0.2) is 65.1 Å². The van der Waals surface area contributed by atoms with Gasteiger partial charge in [-0.1, -0.05) is 35.9 Å². The zero-order valence-corrected chi connectivity index (χ0v) is 21.8. The second-order valence-corrected chi connectivity index (χ2v) is 9.52. The second-order valence-electron chi connectivity index (χ2n) is 9.52. The van der Waals surface area contributed by atoms with Crippen LogP contribution in [0.25, 0.3) is 11.4 Å². The van der Waals surface area contributed by atoms with Gasteiger partial charge in [0.1, 0.15) is 23.8 Å². The predicted molar refractivity (Wildman–Crippen MR) is 142 cm³/mol. The molecule has 0 aliphatic carbocycles. The van der Waals surface area contributed by atoms with Crippen LogP contribution in [0.4, 0.5) is 5.69 Å². The molecule has 11 heteroatoms. The van der Waals surface area contributed by atoms with Crippen molar-refractivity contribution in [3.05, 3.63) is 77.7 Å². The van der Waals surface area contributed by atoms with E-state index in [-0.39, 0.29) is 24.2 Å². The van der Waals surface area contributed by atoms with Crippen LogP contribution in [-0.2, 0) is 20.9 Å². The summed E-state index contributed by atoms with van der Waals surface area (Å²) in [6, 6.07) is 16.0. The number of aromatic hydroxyl groups is 1. The van der Waals surface area contributed by atoms with Crippen LogP contribution in [0.1, 0.15) is 36.0 Å². The fourth-order valence-electron chi connectivity index (χ4n) is 4.50. The number of carbonyl (C=O) groups is 2. The number of aryl methyl sites for hydroxylation is 2. The van der Waals surface area contributed by atoms with Crippen molar-refractivity contribution in [2.24, 2.45) is 0 Å². The fourth-order valence-corrected chi connectivity index (χ4v) is 4.50. The first-order chi connectivity index (χ1) is 18.9. The van der Waals surface area contributed by atoms with Crippen LogP contribution in [-0.4, -0.2) is 56.4 Å². The zero-order chi connectivity index (χ0) is 27.4. The molecule has 4 aromatic rings. The minimum Gasteiger partial charge on any atom is -0.508 e. The van der Waals surface area contributed by atoms with Crippen LogP contribution in [0.5, 0.6) is 5.75 Å². The third-order valence-corrected chi connectivity index (χ3v) is 6.48. The molecule has 0 radical (unpaired) electrons. The van der Waals surface area contributed by atoms with Gasteiger partial charge in [-0.3, -0.25) is 14.5 Å². The molecule has 2 atom stereocenters. The lowest BCUT2D eigenvalue weighted by atomic mass is 10.1. The molecule has 2 aromatic carbocycles. The number of furan rings is 1. The second kappa shape index (κ2) is 11.5. The predicted octanol–water partition coefficient (Wildman–Crippen LogP) is 3.33. The van der Waals surface area contributed by atoms with Gasteiger partial charge in [-0.15, -0.1) is 10.2 Å². The number of nitrogens with one attached hydrogen (secondary N) is 1. The molecule has 1 fully saturated rings. The smallest absolute Gasteiger partial charge is 0.251 e. The lowest BCUT2D eigenvalue weighted by Gasteiger charge is -2.30. The molecule has 1 saturated heterocycles. The summed E-state index contributed by atoms with van der Waals surface area (Å²) in [5, 5.41) is 25.6. The van der Waals surface area contributed by atoms with E-state index < -0.39 is 17.9 Å². The number of benzene rings is 2. The van der Waals surface area contributed by atoms with Gasteiger partial charge in [-0.2, -0.15) is 4.80 Å². The maximum Gasteiger partial charge on any atom is 0.251 e. The molecule has 3 heterocycles. The van der Waals surface area contributed by atoms with Gasteiger partial charge in [-0.25, -0.2) is 0 Å². The number of hydrogen-bond donors (Lipinski definition) is 2. The van der Waals surface area contributed by atoms with Crippen LogP contribution in [0.3, 0.4) is 0 Å². The SMILES string of the molecule is Cc1ccc(-c2nnn(CC(=O)N(c3cccc(O)c3)[C@@H](C(=O)NC[C@@H]3CCCO3)c3ccc(C)o3)n2)cc1. The van der Waals surface area contributed by atoms with Crippen LogP contribution >= 0.6 is 0 Å². The molecule has 5 rings (SSSR count). The van der Waals surface area contributed by atoms with E-state index in [0.29, 0.717) is 30.4 Å². The number of phenols is 1. The van der Waals surface area contributed by atoms with E-state index in [1.807, 2.05) is 31.2 Å². The van der Waals surface area contributed by atoms with Crippen molar-refractivity contribution in [1.82, 2.24) is 25.5 Å². The Morgan fingerprint density at radius 1 is 1.15 bits per heavy atom. The number of ether oxygens (including phenoxy) is 1. The Bertz CT molecular complexity index is 1440. The summed E-state index contributed by atoms with van der Waals surface area (Å²) in [6.45, 7) is 4.41. The Morgan fingerprint density at radius 2 is 1.97 bits per heavy atom. The molecule has 1 aliphatic rings. The first-order valence-electron chi connectivity index (χ1n) is 12.8. The number of phenolic OH excluding ortho intramolecular Hbond substituents is 1. The van der Waals surface area contributed by atoms with Crippen LogP contribution in [0, 0.1) is 13.8 Å². The Kier molecular flexibility index (Phi) is 7.69. The van der Waals surface area contributed by atoms with E-state index in [9.17, 15) is 14.7 Å². The largest absolute Gasteiger partial charge is 0.508 e. The van der Waals surface area contributed by atoms with Crippen molar-refractivity contribution in [2.45, 2.75) is 45.4 Å². The number of rotatable bonds is 9. The lowest BCUT2D eigenvalue weighted by molar-refractivity contribution is -0.127. The quantitative estimate of drug-likeness (QED) is 0.336. The molecular weight excluding hydrogens is 500 g/mol. The molecule has 0 spiro atoms. The Labute approximate surface area is 225 Å². The summed E-state index contributed by atoms with van der Waals surface area (Å²) in [6.07, 6.45) is 1.70. The molecule has 0 saturated carbocycles. The average Bonchev–Trinajstić information content (AvgIpc) is 3.69. The molecular formula is C28H30N6O5. The van der Waals surface area contributed by atoms with E-state index in [4.69, 9.17) is 9.15 Å². The van der Waals surface area contributed by atoms with Gasteiger partial charge in [0.05, 0.1) is 6.10 Å². The molecule has 202 valence electrons. The maximum absolute atomic E-state index is 13.9. The van der Waals surface area contributed by atoms with Crippen LogP contribution < -0.4 is 10.2 Å². The Morgan fingerprint density at radius 3 is 2.67 bits per heavy atom. The highest BCUT2D eigenvalue weighted by molar-refractivity contribution is 6.01. The number of hydrogen-bond acceptors (Lipinski definition) is 8. The van der Waals surface area contributed by atoms with Gasteiger partial charge >= 0.3 is 0 Å². The highest BCUT2D eigenvalue weighted by Gasteiger charge is 2.36. The van der Waals surface area contributed by atoms with Crippen LogP contribution in [0.2, 0.25) is 0 Å². The fraction of sp³-hybridized carbons (Fsp3) is 0.321. The Hall–Kier alpha value is -4.51. The van der Waals surface area contributed by atoms with Crippen molar-refractivity contribution < 1.29 is 23.8 Å². The third kappa shape index (κ3) is 6.15. The minimum atomic E-state index is -1.16. The van der Waals surface area contributed by atoms with Crippen molar-refractivity contribution in [2.75, 3.05) is 18.1 Å². The summed E-state index contributed by atoms with van der Waals surface area (Å²) in [7, 11) is 0. The average molecular weight is 531 g/mol. The van der Waals surface area contributed by atoms with Gasteiger partial charge in [0, 0.05) is 30.5 Å². The van der Waals surface area contributed by atoms with Crippen molar-refractivity contribution in [3.8, 4) is 17.1 Å². The highest BCUT2D eigenvalue weighted by atomic mass is 16.5. The summed E-state index contributed by atoms with van der Waals surface area (Å²) in [5.41, 5.74) is 2.17. The molecule has 2 aromatic heterocycles. The number of tetrazole rings is 1. The number of anilines is 1. The van der Waals surface area contributed by atoms with E-state index in [2.05, 4.69) is 20.7 Å². The minimum absolute atomic E-state index is 0.0556. The number of aromatic nitrogens is 4. The van der Waals surface area contributed by atoms with Crippen molar-refractivity contribution >= 4 is 17.5 Å². The molecule has 11 nitrogen and oxygen atoms in total. The summed E-state index contributed by atoms with van der Waals surface area (Å²) in [4.78, 5) is 30.0. The molecule has 2 N–H and O–H groups in total. The van der Waals surface area contributed by atoms with Gasteiger partial charge < -0.3 is 19.6 Å². The van der Waals surface area contributed by atoms with Crippen molar-refractivity contribution in [3.63, 3.8) is 0 Å². The standard InChI is InChI=1S/C28H30N6O5/c1-18-8-11-20(12-9-18)27-30-32-33(31-27)17-25(36)34(21-5-3-6-22(35)15-21)26(24-13-10-19(2)39-24)28(37)29-16-23-7-4-14-38-23/h3,5-6,8-13,15,23,26,35H,4,7,14,16-17H2,1-2H3,(H,29,37)/t23-,26+/m0/s1. The zero-order valence-electron chi connectivity index (χ0n) is 21.8. The van der Waals surface area contributed by atoms with Gasteiger partial charge in [0.15, 0.2) is 6.04 Å². The molecule has 0 bridgehead atoms. The van der Waals surface area contributed by atoms with E-state index >= 15 is 0 Å². The summed E-state index contributed by atoms with van der Waals surface area (Å²) in [5.74, 6) is 0.245. The monoisotopic (exact) mass is 530 g/mol. The topological polar surface area (TPSA) is 136 Å². The Balaban J connectivity index is 1.46. The number of amides is 2. The van der Waals surface area contributed by atoms with E-state index in [0.717, 1.165) is 24.0 Å². The molecule has 39 heavy (non-hydrogen) atoms. The maximum atomic E-state index is 13.9. The normalized spacial score (nSPS) is 15.7. The molecule has 1 aliphatic heterocycles. The lowest BCUT2D eigenvalue weighted by Crippen LogP contribution is -2.46.